The van der Waals surface area contributed by atoms with Crippen LogP contribution in [0.2, 0.25) is 5.02 Å². The number of piperidine rings is 1. The number of halogens is 1. The van der Waals surface area contributed by atoms with E-state index in [4.69, 9.17) is 11.6 Å². The Labute approximate surface area is 112 Å². The normalized spacial score (nSPS) is 26.5. The molecule has 0 aromatic heterocycles. The molecule has 94 valence electrons. The average molecular weight is 262 g/mol. The summed E-state index contributed by atoms with van der Waals surface area (Å²) in [7, 11) is 1.88. The van der Waals surface area contributed by atoms with Crippen LogP contribution in [0.25, 0.3) is 0 Å². The number of likely N-dealkylation sites (N-methyl/N-ethyl adjacent to an activating group) is 1. The van der Waals surface area contributed by atoms with Crippen LogP contribution in [0.15, 0.2) is 30.0 Å². The molecule has 18 heavy (non-hydrogen) atoms. The van der Waals surface area contributed by atoms with E-state index >= 15 is 0 Å². The summed E-state index contributed by atoms with van der Waals surface area (Å²) in [5.41, 5.74) is 3.72. The van der Waals surface area contributed by atoms with Crippen molar-refractivity contribution in [3.05, 3.63) is 46.1 Å². The molecule has 0 N–H and O–H groups in total. The molecule has 0 bridgehead atoms. The van der Waals surface area contributed by atoms with Gasteiger partial charge in [-0.15, -0.1) is 0 Å². The van der Waals surface area contributed by atoms with Crippen LogP contribution in [0.5, 0.6) is 0 Å². The summed E-state index contributed by atoms with van der Waals surface area (Å²) in [6.45, 7) is 2.23. The lowest BCUT2D eigenvalue weighted by Crippen LogP contribution is -2.45. The highest BCUT2D eigenvalue weighted by atomic mass is 35.5. The Hall–Kier alpha value is -1.28. The summed E-state index contributed by atoms with van der Waals surface area (Å²) in [5, 5.41) is 0.787. The number of hydrogen-bond donors (Lipinski definition) is 0. The van der Waals surface area contributed by atoms with Gasteiger partial charge in [-0.2, -0.15) is 0 Å². The Morgan fingerprint density at radius 2 is 2.17 bits per heavy atom. The molecule has 0 radical (unpaired) electrons. The zero-order chi connectivity index (χ0) is 12.9. The van der Waals surface area contributed by atoms with E-state index in [1.54, 1.807) is 0 Å². The number of nitrogens with zero attached hydrogens (tertiary/aromatic N) is 1. The van der Waals surface area contributed by atoms with Crippen molar-refractivity contribution in [1.82, 2.24) is 4.90 Å². The van der Waals surface area contributed by atoms with E-state index in [-0.39, 0.29) is 11.3 Å². The van der Waals surface area contributed by atoms with E-state index in [9.17, 15) is 4.79 Å². The topological polar surface area (TPSA) is 20.3 Å². The predicted octanol–water partition coefficient (Wildman–Crippen LogP) is 3.29. The number of benzene rings is 1. The van der Waals surface area contributed by atoms with Crippen LogP contribution in [0.1, 0.15) is 30.9 Å². The monoisotopic (exact) mass is 261 g/mol. The van der Waals surface area contributed by atoms with Crippen molar-refractivity contribution in [1.29, 1.82) is 0 Å². The Morgan fingerprint density at radius 3 is 2.94 bits per heavy atom. The highest BCUT2D eigenvalue weighted by Crippen LogP contribution is 2.46. The van der Waals surface area contributed by atoms with E-state index < -0.39 is 0 Å². The van der Waals surface area contributed by atoms with Crippen LogP contribution in [0, 0.1) is 0 Å². The van der Waals surface area contributed by atoms with Crippen LogP contribution < -0.4 is 0 Å². The van der Waals surface area contributed by atoms with Gasteiger partial charge in [0, 0.05) is 29.6 Å². The van der Waals surface area contributed by atoms with E-state index in [1.807, 2.05) is 24.1 Å². The molecule has 1 aromatic carbocycles. The second-order valence-corrected chi connectivity index (χ2v) is 5.82. The first-order valence-corrected chi connectivity index (χ1v) is 6.66. The molecule has 1 aromatic rings. The molecule has 1 aliphatic heterocycles. The summed E-state index contributed by atoms with van der Waals surface area (Å²) in [5.74, 6) is 0.219. The standard InChI is InChI=1S/C15H16ClNO/c1-15-8-7-14(18)17(2)13(15)6-3-10-9-11(16)4-5-12(10)15/h4-6,9H,3,7-8H2,1-2H3. The molecule has 1 amide bonds. The molecular weight excluding hydrogens is 246 g/mol. The molecule has 3 rings (SSSR count). The fourth-order valence-corrected chi connectivity index (χ4v) is 3.46. The first kappa shape index (κ1) is 11.8. The number of hydrogen-bond acceptors (Lipinski definition) is 1. The van der Waals surface area contributed by atoms with Crippen LogP contribution in [0.3, 0.4) is 0 Å². The number of allylic oxidation sites excluding steroid dienone is 2. The second-order valence-electron chi connectivity index (χ2n) is 5.38. The molecule has 2 nitrogen and oxygen atoms in total. The lowest BCUT2D eigenvalue weighted by molar-refractivity contribution is -0.130. The molecule has 1 fully saturated rings. The van der Waals surface area contributed by atoms with E-state index in [1.165, 1.54) is 11.1 Å². The smallest absolute Gasteiger partial charge is 0.226 e. The van der Waals surface area contributed by atoms with Crippen molar-refractivity contribution in [2.45, 2.75) is 31.6 Å². The molecule has 0 spiro atoms. The van der Waals surface area contributed by atoms with Gasteiger partial charge < -0.3 is 4.90 Å². The minimum atomic E-state index is -0.0408. The van der Waals surface area contributed by atoms with Crippen molar-refractivity contribution in [2.24, 2.45) is 0 Å². The van der Waals surface area contributed by atoms with Crippen molar-refractivity contribution in [3.63, 3.8) is 0 Å². The summed E-state index contributed by atoms with van der Waals surface area (Å²) in [4.78, 5) is 13.6. The van der Waals surface area contributed by atoms with Gasteiger partial charge in [-0.3, -0.25) is 4.79 Å². The molecule has 3 heteroatoms. The highest BCUT2D eigenvalue weighted by Gasteiger charge is 2.42. The van der Waals surface area contributed by atoms with Crippen LogP contribution in [-0.2, 0) is 16.6 Å². The van der Waals surface area contributed by atoms with Gasteiger partial charge in [-0.1, -0.05) is 23.7 Å². The SMILES string of the molecule is CN1C(=O)CCC2(C)C1=CCc1cc(Cl)ccc12. The number of rotatable bonds is 0. The molecule has 2 aliphatic rings. The maximum Gasteiger partial charge on any atom is 0.226 e. The molecule has 1 unspecified atom stereocenters. The van der Waals surface area contributed by atoms with Gasteiger partial charge >= 0.3 is 0 Å². The molecular formula is C15H16ClNO. The minimum Gasteiger partial charge on any atom is -0.319 e. The summed E-state index contributed by atoms with van der Waals surface area (Å²) in [6.07, 6.45) is 4.54. The summed E-state index contributed by atoms with van der Waals surface area (Å²) in [6, 6.07) is 6.12. The molecule has 1 saturated heterocycles. The molecule has 1 heterocycles. The van der Waals surface area contributed by atoms with Crippen LogP contribution in [-0.4, -0.2) is 17.9 Å². The van der Waals surface area contributed by atoms with Gasteiger partial charge in [-0.05, 0) is 43.0 Å². The largest absolute Gasteiger partial charge is 0.319 e. The van der Waals surface area contributed by atoms with Crippen molar-refractivity contribution in [3.8, 4) is 0 Å². The lowest BCUT2D eigenvalue weighted by atomic mass is 9.68. The average Bonchev–Trinajstić information content (AvgIpc) is 2.34. The first-order chi connectivity index (χ1) is 8.52. The van der Waals surface area contributed by atoms with Gasteiger partial charge in [0.1, 0.15) is 0 Å². The second kappa shape index (κ2) is 3.86. The van der Waals surface area contributed by atoms with E-state index in [0.717, 1.165) is 23.6 Å². The fraction of sp³-hybridized carbons (Fsp3) is 0.400. The van der Waals surface area contributed by atoms with Crippen molar-refractivity contribution >= 4 is 17.5 Å². The Balaban J connectivity index is 2.14. The van der Waals surface area contributed by atoms with Gasteiger partial charge in [0.05, 0.1) is 0 Å². The number of amides is 1. The fourth-order valence-electron chi connectivity index (χ4n) is 3.27. The van der Waals surface area contributed by atoms with Crippen molar-refractivity contribution < 1.29 is 4.79 Å². The first-order valence-electron chi connectivity index (χ1n) is 6.28. The number of carbonyl (C=O) groups is 1. The van der Waals surface area contributed by atoms with E-state index in [2.05, 4.69) is 19.1 Å². The third-order valence-corrected chi connectivity index (χ3v) is 4.55. The summed E-state index contributed by atoms with van der Waals surface area (Å²) >= 11 is 6.06. The van der Waals surface area contributed by atoms with Gasteiger partial charge in [0.2, 0.25) is 5.91 Å². The third-order valence-electron chi connectivity index (χ3n) is 4.32. The Bertz CT molecular complexity index is 564. The van der Waals surface area contributed by atoms with Crippen molar-refractivity contribution in [2.75, 3.05) is 7.05 Å². The summed E-state index contributed by atoms with van der Waals surface area (Å²) < 4.78 is 0. The zero-order valence-electron chi connectivity index (χ0n) is 10.7. The Kier molecular flexibility index (Phi) is 2.53. The van der Waals surface area contributed by atoms with Gasteiger partial charge in [0.25, 0.3) is 0 Å². The van der Waals surface area contributed by atoms with Gasteiger partial charge in [-0.25, -0.2) is 0 Å². The molecule has 0 saturated carbocycles. The van der Waals surface area contributed by atoms with Crippen LogP contribution in [0.4, 0.5) is 0 Å². The predicted molar refractivity (Wildman–Crippen MR) is 72.6 cm³/mol. The highest BCUT2D eigenvalue weighted by molar-refractivity contribution is 6.30. The maximum absolute atomic E-state index is 11.8. The number of carbonyl (C=O) groups excluding carboxylic acids is 1. The quantitative estimate of drug-likeness (QED) is 0.702. The van der Waals surface area contributed by atoms with E-state index in [0.29, 0.717) is 6.42 Å². The third kappa shape index (κ3) is 1.52. The van der Waals surface area contributed by atoms with Crippen LogP contribution >= 0.6 is 11.6 Å². The molecule has 1 atom stereocenters. The lowest BCUT2D eigenvalue weighted by Gasteiger charge is -2.44. The number of likely N-dealkylation sites (tertiary alicyclic amines) is 1. The Morgan fingerprint density at radius 1 is 1.39 bits per heavy atom. The molecule has 1 aliphatic carbocycles. The zero-order valence-corrected chi connectivity index (χ0v) is 11.4. The maximum atomic E-state index is 11.8. The minimum absolute atomic E-state index is 0.0408. The van der Waals surface area contributed by atoms with Gasteiger partial charge in [0.15, 0.2) is 0 Å². The number of fused-ring (bicyclic) bond motifs is 3.